The zero-order valence-electron chi connectivity index (χ0n) is 13.3. The average Bonchev–Trinajstić information content (AvgIpc) is 2.76. The van der Waals surface area contributed by atoms with E-state index in [9.17, 15) is 8.42 Å². The van der Waals surface area contributed by atoms with Gasteiger partial charge in [-0.1, -0.05) is 13.8 Å². The minimum absolute atomic E-state index is 0.122. The van der Waals surface area contributed by atoms with E-state index in [0.29, 0.717) is 25.6 Å². The Morgan fingerprint density at radius 3 is 2.62 bits per heavy atom. The van der Waals surface area contributed by atoms with Crippen LogP contribution in [0.4, 0.5) is 0 Å². The molecule has 3 N–H and O–H groups in total. The minimum atomic E-state index is -3.55. The highest BCUT2D eigenvalue weighted by Gasteiger charge is 2.22. The molecule has 0 saturated carbocycles. The molecular formula is C13H27N5O2S. The van der Waals surface area contributed by atoms with Gasteiger partial charge in [0.2, 0.25) is 10.0 Å². The summed E-state index contributed by atoms with van der Waals surface area (Å²) < 4.78 is 29.1. The van der Waals surface area contributed by atoms with Gasteiger partial charge in [-0.05, 0) is 26.4 Å². The molecule has 0 amide bonds. The SMILES string of the molecule is CC(C)CC(CN(C)C)NS(=O)(=O)c1cnn(CCN)c1. The third-order valence-corrected chi connectivity index (χ3v) is 4.42. The van der Waals surface area contributed by atoms with E-state index in [1.807, 2.05) is 19.0 Å². The van der Waals surface area contributed by atoms with E-state index in [1.165, 1.54) is 17.1 Å². The molecule has 0 aliphatic rings. The zero-order chi connectivity index (χ0) is 16.0. The highest BCUT2D eigenvalue weighted by atomic mass is 32.2. The van der Waals surface area contributed by atoms with Crippen molar-refractivity contribution in [2.24, 2.45) is 11.7 Å². The fourth-order valence-corrected chi connectivity index (χ4v) is 3.39. The van der Waals surface area contributed by atoms with Crippen molar-refractivity contribution in [3.05, 3.63) is 12.4 Å². The van der Waals surface area contributed by atoms with E-state index in [-0.39, 0.29) is 10.9 Å². The van der Waals surface area contributed by atoms with Gasteiger partial charge in [-0.25, -0.2) is 13.1 Å². The lowest BCUT2D eigenvalue weighted by Crippen LogP contribution is -2.42. The molecule has 0 aromatic carbocycles. The summed E-state index contributed by atoms with van der Waals surface area (Å²) in [4.78, 5) is 2.16. The average molecular weight is 317 g/mol. The monoisotopic (exact) mass is 317 g/mol. The van der Waals surface area contributed by atoms with Crippen LogP contribution in [0.3, 0.4) is 0 Å². The van der Waals surface area contributed by atoms with Crippen LogP contribution in [0.1, 0.15) is 20.3 Å². The summed E-state index contributed by atoms with van der Waals surface area (Å²) in [5.74, 6) is 0.414. The molecule has 0 radical (unpaired) electrons. The van der Waals surface area contributed by atoms with Crippen LogP contribution in [0.2, 0.25) is 0 Å². The van der Waals surface area contributed by atoms with Gasteiger partial charge in [0.15, 0.2) is 0 Å². The first-order valence-electron chi connectivity index (χ1n) is 7.14. The molecule has 1 atom stereocenters. The summed E-state index contributed by atoms with van der Waals surface area (Å²) in [6.45, 7) is 5.74. The normalized spacial score (nSPS) is 14.0. The van der Waals surface area contributed by atoms with Crippen LogP contribution in [-0.2, 0) is 16.6 Å². The summed E-state index contributed by atoms with van der Waals surface area (Å²) >= 11 is 0. The first-order valence-corrected chi connectivity index (χ1v) is 8.62. The van der Waals surface area contributed by atoms with Crippen molar-refractivity contribution in [3.63, 3.8) is 0 Å². The number of sulfonamides is 1. The third kappa shape index (κ3) is 6.13. The van der Waals surface area contributed by atoms with Gasteiger partial charge in [0.25, 0.3) is 0 Å². The molecule has 0 spiro atoms. The van der Waals surface area contributed by atoms with Crippen LogP contribution in [0.5, 0.6) is 0 Å². The molecule has 1 heterocycles. The summed E-state index contributed by atoms with van der Waals surface area (Å²) in [5.41, 5.74) is 5.44. The minimum Gasteiger partial charge on any atom is -0.329 e. The van der Waals surface area contributed by atoms with E-state index in [1.54, 1.807) is 0 Å². The molecule has 0 fully saturated rings. The van der Waals surface area contributed by atoms with Crippen LogP contribution in [0.25, 0.3) is 0 Å². The van der Waals surface area contributed by atoms with Gasteiger partial charge < -0.3 is 10.6 Å². The number of rotatable bonds is 9. The van der Waals surface area contributed by atoms with Gasteiger partial charge >= 0.3 is 0 Å². The van der Waals surface area contributed by atoms with E-state index in [0.717, 1.165) is 6.42 Å². The van der Waals surface area contributed by atoms with Crippen molar-refractivity contribution in [1.29, 1.82) is 0 Å². The molecule has 1 rings (SSSR count). The Kier molecular flexibility index (Phi) is 6.79. The number of likely N-dealkylation sites (N-methyl/N-ethyl adjacent to an activating group) is 1. The third-order valence-electron chi connectivity index (χ3n) is 2.94. The van der Waals surface area contributed by atoms with Crippen molar-refractivity contribution in [1.82, 2.24) is 19.4 Å². The molecule has 1 aromatic heterocycles. The number of nitrogens with one attached hydrogen (secondary N) is 1. The highest BCUT2D eigenvalue weighted by molar-refractivity contribution is 7.89. The first-order chi connectivity index (χ1) is 9.74. The zero-order valence-corrected chi connectivity index (χ0v) is 14.1. The van der Waals surface area contributed by atoms with Crippen molar-refractivity contribution in [3.8, 4) is 0 Å². The summed E-state index contributed by atoms with van der Waals surface area (Å²) in [6, 6.07) is -0.122. The second kappa shape index (κ2) is 7.88. The standard InChI is InChI=1S/C13H27N5O2S/c1-11(2)7-12(9-17(3)4)16-21(19,20)13-8-15-18(10-13)6-5-14/h8,10-12,16H,5-7,9,14H2,1-4H3. The van der Waals surface area contributed by atoms with Crippen molar-refractivity contribution in [2.45, 2.75) is 37.8 Å². The Morgan fingerprint density at radius 2 is 2.10 bits per heavy atom. The number of nitrogens with zero attached hydrogens (tertiary/aromatic N) is 3. The van der Waals surface area contributed by atoms with Crippen molar-refractivity contribution < 1.29 is 8.42 Å². The van der Waals surface area contributed by atoms with Gasteiger partial charge in [-0.2, -0.15) is 5.10 Å². The maximum atomic E-state index is 12.4. The van der Waals surface area contributed by atoms with Crippen LogP contribution >= 0.6 is 0 Å². The molecule has 7 nitrogen and oxygen atoms in total. The Labute approximate surface area is 127 Å². The Morgan fingerprint density at radius 1 is 1.43 bits per heavy atom. The fraction of sp³-hybridized carbons (Fsp3) is 0.769. The Bertz CT molecular complexity index is 514. The Hall–Kier alpha value is -0.960. The molecular weight excluding hydrogens is 290 g/mol. The fourth-order valence-electron chi connectivity index (χ4n) is 2.20. The summed E-state index contributed by atoms with van der Waals surface area (Å²) in [5, 5.41) is 4.01. The maximum Gasteiger partial charge on any atom is 0.243 e. The van der Waals surface area contributed by atoms with Gasteiger partial charge in [-0.15, -0.1) is 0 Å². The molecule has 0 bridgehead atoms. The molecule has 21 heavy (non-hydrogen) atoms. The molecule has 8 heteroatoms. The number of aromatic nitrogens is 2. The quantitative estimate of drug-likeness (QED) is 0.673. The summed E-state index contributed by atoms with van der Waals surface area (Å²) in [6.07, 6.45) is 3.66. The van der Waals surface area contributed by atoms with E-state index >= 15 is 0 Å². The molecule has 0 aliphatic carbocycles. The van der Waals surface area contributed by atoms with Gasteiger partial charge in [0, 0.05) is 25.3 Å². The molecule has 0 saturated heterocycles. The number of hydrogen-bond donors (Lipinski definition) is 2. The topological polar surface area (TPSA) is 93.2 Å². The van der Waals surface area contributed by atoms with Crippen molar-refractivity contribution >= 4 is 10.0 Å². The lowest BCUT2D eigenvalue weighted by molar-refractivity contribution is 0.329. The highest BCUT2D eigenvalue weighted by Crippen LogP contribution is 2.12. The molecule has 0 aliphatic heterocycles. The predicted molar refractivity (Wildman–Crippen MR) is 83.4 cm³/mol. The Balaban J connectivity index is 2.83. The van der Waals surface area contributed by atoms with Crippen LogP contribution < -0.4 is 10.5 Å². The second-order valence-electron chi connectivity index (χ2n) is 5.94. The summed E-state index contributed by atoms with van der Waals surface area (Å²) in [7, 11) is 0.314. The van der Waals surface area contributed by atoms with Crippen LogP contribution in [0, 0.1) is 5.92 Å². The lowest BCUT2D eigenvalue weighted by atomic mass is 10.0. The van der Waals surface area contributed by atoms with Crippen molar-refractivity contribution in [2.75, 3.05) is 27.2 Å². The van der Waals surface area contributed by atoms with Crippen LogP contribution in [0.15, 0.2) is 17.3 Å². The van der Waals surface area contributed by atoms with Gasteiger partial charge in [0.05, 0.1) is 12.7 Å². The molecule has 122 valence electrons. The number of hydrogen-bond acceptors (Lipinski definition) is 5. The van der Waals surface area contributed by atoms with Gasteiger partial charge in [0.1, 0.15) is 4.90 Å². The largest absolute Gasteiger partial charge is 0.329 e. The molecule has 1 unspecified atom stereocenters. The maximum absolute atomic E-state index is 12.4. The van der Waals surface area contributed by atoms with Crippen LogP contribution in [-0.4, -0.2) is 56.3 Å². The first kappa shape index (κ1) is 18.1. The molecule has 1 aromatic rings. The van der Waals surface area contributed by atoms with E-state index in [4.69, 9.17) is 5.73 Å². The predicted octanol–water partition coefficient (Wildman–Crippen LogP) is 0.0964. The van der Waals surface area contributed by atoms with E-state index in [2.05, 4.69) is 23.7 Å². The number of nitrogens with two attached hydrogens (primary N) is 1. The second-order valence-corrected chi connectivity index (χ2v) is 7.65. The lowest BCUT2D eigenvalue weighted by Gasteiger charge is -2.23. The van der Waals surface area contributed by atoms with E-state index < -0.39 is 10.0 Å². The van der Waals surface area contributed by atoms with Gasteiger partial charge in [-0.3, -0.25) is 4.68 Å². The smallest absolute Gasteiger partial charge is 0.243 e.